The maximum Gasteiger partial charge on any atom is 0.323 e. The van der Waals surface area contributed by atoms with Crippen molar-refractivity contribution in [1.82, 2.24) is 10.2 Å². The molecule has 0 spiro atoms. The van der Waals surface area contributed by atoms with Gasteiger partial charge >= 0.3 is 6.03 Å². The van der Waals surface area contributed by atoms with Crippen LogP contribution >= 0.6 is 0 Å². The number of ether oxygens (including phenoxy) is 2. The van der Waals surface area contributed by atoms with Gasteiger partial charge in [-0.1, -0.05) is 25.1 Å². The number of para-hydroxylation sites is 1. The van der Waals surface area contributed by atoms with Gasteiger partial charge in [-0.15, -0.1) is 0 Å². The van der Waals surface area contributed by atoms with Crippen molar-refractivity contribution in [2.75, 3.05) is 30.8 Å². The molecule has 35 heavy (non-hydrogen) atoms. The summed E-state index contributed by atoms with van der Waals surface area (Å²) in [6, 6.07) is 13.5. The number of hydrogen-bond acceptors (Lipinski definition) is 5. The highest BCUT2D eigenvalue weighted by Crippen LogP contribution is 2.32. The van der Waals surface area contributed by atoms with Gasteiger partial charge in [0.2, 0.25) is 5.91 Å². The molecule has 9 heteroatoms. The first-order chi connectivity index (χ1) is 16.9. The van der Waals surface area contributed by atoms with Crippen molar-refractivity contribution >= 4 is 29.2 Å². The van der Waals surface area contributed by atoms with Crippen LogP contribution in [0.1, 0.15) is 43.0 Å². The van der Waals surface area contributed by atoms with E-state index in [0.29, 0.717) is 42.1 Å². The third kappa shape index (κ3) is 6.10. The number of carbonyl (C=O) groups is 3. The third-order valence-electron chi connectivity index (χ3n) is 6.29. The second-order valence-electron chi connectivity index (χ2n) is 8.88. The Morgan fingerprint density at radius 1 is 1.06 bits per heavy atom. The summed E-state index contributed by atoms with van der Waals surface area (Å²) in [6.45, 7) is 2.93. The Balaban J connectivity index is 1.43. The maximum absolute atomic E-state index is 13.3. The highest BCUT2D eigenvalue weighted by molar-refractivity contribution is 6.02. The molecular formula is C26H32N4O5. The van der Waals surface area contributed by atoms with Crippen LogP contribution in [0, 0.1) is 0 Å². The molecule has 3 atom stereocenters. The lowest BCUT2D eigenvalue weighted by Gasteiger charge is -2.42. The van der Waals surface area contributed by atoms with Gasteiger partial charge in [-0.2, -0.15) is 0 Å². The second-order valence-corrected chi connectivity index (χ2v) is 8.88. The second kappa shape index (κ2) is 11.2. The Bertz CT molecular complexity index is 1060. The Hall–Kier alpha value is -3.59. The number of hydrogen-bond donors (Lipinski definition) is 3. The molecule has 0 radical (unpaired) electrons. The number of nitrogens with zero attached hydrogens (tertiary/aromatic N) is 1. The van der Waals surface area contributed by atoms with E-state index in [-0.39, 0.29) is 36.7 Å². The van der Waals surface area contributed by atoms with Crippen molar-refractivity contribution in [3.8, 4) is 5.75 Å². The van der Waals surface area contributed by atoms with Gasteiger partial charge in [-0.3, -0.25) is 9.59 Å². The number of amides is 4. The molecule has 0 aromatic heterocycles. The fourth-order valence-electron chi connectivity index (χ4n) is 4.46. The number of fused-ring (bicyclic) bond motifs is 2. The molecule has 1 fully saturated rings. The van der Waals surface area contributed by atoms with E-state index >= 15 is 0 Å². The average molecular weight is 481 g/mol. The van der Waals surface area contributed by atoms with E-state index in [1.807, 2.05) is 25.1 Å². The van der Waals surface area contributed by atoms with Gasteiger partial charge in [0.25, 0.3) is 5.91 Å². The third-order valence-corrected chi connectivity index (χ3v) is 6.29. The molecule has 9 nitrogen and oxygen atoms in total. The van der Waals surface area contributed by atoms with E-state index in [1.165, 1.54) is 0 Å². The molecule has 0 saturated carbocycles. The molecule has 3 N–H and O–H groups in total. The predicted octanol–water partition coefficient (Wildman–Crippen LogP) is 3.63. The minimum absolute atomic E-state index is 0.0202. The lowest BCUT2D eigenvalue weighted by Crippen LogP contribution is -2.54. The molecule has 0 aliphatic carbocycles. The molecular weight excluding hydrogens is 448 g/mol. The van der Waals surface area contributed by atoms with Crippen LogP contribution in [0.5, 0.6) is 5.75 Å². The van der Waals surface area contributed by atoms with E-state index in [1.54, 1.807) is 42.3 Å². The summed E-state index contributed by atoms with van der Waals surface area (Å²) in [7, 11) is 1.76. The fraction of sp³-hybridized carbons (Fsp3) is 0.423. The quantitative estimate of drug-likeness (QED) is 0.585. The zero-order chi connectivity index (χ0) is 24.8. The fourth-order valence-corrected chi connectivity index (χ4v) is 4.46. The number of anilines is 2. The van der Waals surface area contributed by atoms with Gasteiger partial charge in [-0.25, -0.2) is 4.79 Å². The molecule has 4 rings (SSSR count). The van der Waals surface area contributed by atoms with Gasteiger partial charge in [0.05, 0.1) is 24.1 Å². The molecule has 0 unspecified atom stereocenters. The summed E-state index contributed by atoms with van der Waals surface area (Å²) in [5, 5.41) is 8.41. The molecule has 2 aliphatic rings. The van der Waals surface area contributed by atoms with Crippen molar-refractivity contribution in [2.24, 2.45) is 0 Å². The molecule has 1 saturated heterocycles. The Morgan fingerprint density at radius 2 is 1.83 bits per heavy atom. The van der Waals surface area contributed by atoms with Crippen LogP contribution in [0.25, 0.3) is 0 Å². The van der Waals surface area contributed by atoms with Crippen molar-refractivity contribution in [2.45, 2.75) is 50.9 Å². The summed E-state index contributed by atoms with van der Waals surface area (Å²) in [5.41, 5.74) is 1.53. The van der Waals surface area contributed by atoms with E-state index in [0.717, 1.165) is 12.8 Å². The van der Waals surface area contributed by atoms with Crippen LogP contribution < -0.4 is 20.7 Å². The summed E-state index contributed by atoms with van der Waals surface area (Å²) < 4.78 is 12.2. The van der Waals surface area contributed by atoms with Crippen molar-refractivity contribution in [3.05, 3.63) is 54.1 Å². The van der Waals surface area contributed by atoms with Crippen LogP contribution in [0.3, 0.4) is 0 Å². The number of urea groups is 1. The van der Waals surface area contributed by atoms with E-state index in [4.69, 9.17) is 9.47 Å². The molecule has 2 aliphatic heterocycles. The average Bonchev–Trinajstić information content (AvgIpc) is 2.86. The number of carbonyl (C=O) groups excluding carboxylic acids is 3. The highest BCUT2D eigenvalue weighted by Gasteiger charge is 2.39. The van der Waals surface area contributed by atoms with Gasteiger partial charge in [0.1, 0.15) is 18.5 Å². The minimum atomic E-state index is -0.404. The molecule has 2 aromatic rings. The predicted molar refractivity (Wildman–Crippen MR) is 133 cm³/mol. The van der Waals surface area contributed by atoms with E-state index in [2.05, 4.69) is 16.0 Å². The molecule has 2 aromatic carbocycles. The lowest BCUT2D eigenvalue weighted by atomic mass is 9.94. The normalized spacial score (nSPS) is 21.5. The highest BCUT2D eigenvalue weighted by atomic mass is 16.5. The zero-order valence-corrected chi connectivity index (χ0v) is 20.1. The Morgan fingerprint density at radius 3 is 2.60 bits per heavy atom. The van der Waals surface area contributed by atoms with Gasteiger partial charge in [-0.05, 0) is 49.6 Å². The lowest BCUT2D eigenvalue weighted by molar-refractivity contribution is -0.134. The number of rotatable bonds is 6. The van der Waals surface area contributed by atoms with Crippen LogP contribution in [0.4, 0.5) is 16.2 Å². The van der Waals surface area contributed by atoms with Crippen LogP contribution in [0.15, 0.2) is 48.5 Å². The first-order valence-electron chi connectivity index (χ1n) is 12.0. The van der Waals surface area contributed by atoms with E-state index < -0.39 is 6.03 Å². The van der Waals surface area contributed by atoms with E-state index in [9.17, 15) is 14.4 Å². The Kier molecular flexibility index (Phi) is 7.87. The first kappa shape index (κ1) is 24.5. The zero-order valence-electron chi connectivity index (χ0n) is 20.1. The molecule has 186 valence electrons. The Labute approximate surface area is 205 Å². The van der Waals surface area contributed by atoms with Crippen molar-refractivity contribution in [3.63, 3.8) is 0 Å². The maximum atomic E-state index is 13.3. The summed E-state index contributed by atoms with van der Waals surface area (Å²) >= 11 is 0. The standard InChI is InChI=1S/C26H32N4O5/c1-3-13-27-24(31)15-19-10-11-21-23(35-19)16-34-22-12-9-18(14-20(22)25(32)30(21)2)29-26(33)28-17-7-5-4-6-8-17/h4-9,12,14,19,21,23H,3,10-11,13,15-16H2,1-2H3,(H,27,31)(H2,28,29,33)/t19-,21+,23+/m0/s1. The summed E-state index contributed by atoms with van der Waals surface area (Å²) in [5.74, 6) is 0.207. The molecule has 2 heterocycles. The van der Waals surface area contributed by atoms with Gasteiger partial charge in [0, 0.05) is 25.0 Å². The van der Waals surface area contributed by atoms with Crippen LogP contribution in [-0.2, 0) is 9.53 Å². The number of likely N-dealkylation sites (N-methyl/N-ethyl adjacent to an activating group) is 1. The monoisotopic (exact) mass is 480 g/mol. The minimum Gasteiger partial charge on any atom is -0.490 e. The number of nitrogens with one attached hydrogen (secondary N) is 3. The number of benzene rings is 2. The van der Waals surface area contributed by atoms with Crippen LogP contribution in [0.2, 0.25) is 0 Å². The molecule has 0 bridgehead atoms. The topological polar surface area (TPSA) is 109 Å². The first-order valence-corrected chi connectivity index (χ1v) is 12.0. The van der Waals surface area contributed by atoms with Gasteiger partial charge < -0.3 is 30.3 Å². The summed E-state index contributed by atoms with van der Waals surface area (Å²) in [4.78, 5) is 39.5. The van der Waals surface area contributed by atoms with Gasteiger partial charge in [0.15, 0.2) is 0 Å². The largest absolute Gasteiger partial charge is 0.490 e. The van der Waals surface area contributed by atoms with Crippen LogP contribution in [-0.4, -0.2) is 61.2 Å². The smallest absolute Gasteiger partial charge is 0.323 e. The van der Waals surface area contributed by atoms with Crippen molar-refractivity contribution < 1.29 is 23.9 Å². The van der Waals surface area contributed by atoms with Crippen molar-refractivity contribution in [1.29, 1.82) is 0 Å². The SMILES string of the molecule is CCCNC(=O)C[C@@H]1CC[C@@H]2[C@@H](COc3ccc(NC(=O)Nc4ccccc4)cc3C(=O)N2C)O1. The molecule has 4 amide bonds. The summed E-state index contributed by atoms with van der Waals surface area (Å²) in [6.07, 6.45) is 2.06.